The van der Waals surface area contributed by atoms with Crippen molar-refractivity contribution >= 4 is 28.4 Å². The van der Waals surface area contributed by atoms with E-state index >= 15 is 0 Å². The summed E-state index contributed by atoms with van der Waals surface area (Å²) in [6, 6.07) is 0. The van der Waals surface area contributed by atoms with Gasteiger partial charge in [-0.05, 0) is 46.1 Å². The molecule has 0 aliphatic rings. The maximum absolute atomic E-state index is 12.4. The number of rotatable bonds is 4. The lowest BCUT2D eigenvalue weighted by Crippen LogP contribution is -2.25. The normalized spacial score (nSPS) is 11.5. The molecular formula is C16H25NO4S. The van der Waals surface area contributed by atoms with Gasteiger partial charge in [0, 0.05) is 4.88 Å². The molecule has 1 heterocycles. The Labute approximate surface area is 136 Å². The van der Waals surface area contributed by atoms with Crippen LogP contribution < -0.4 is 5.32 Å². The third-order valence-electron chi connectivity index (χ3n) is 2.75. The van der Waals surface area contributed by atoms with Crippen molar-refractivity contribution in [1.29, 1.82) is 0 Å². The summed E-state index contributed by atoms with van der Waals surface area (Å²) < 4.78 is 10.5. The summed E-state index contributed by atoms with van der Waals surface area (Å²) >= 11 is 1.35. The van der Waals surface area contributed by atoms with Crippen LogP contribution >= 0.6 is 11.3 Å². The van der Waals surface area contributed by atoms with E-state index in [-0.39, 0.29) is 5.92 Å². The smallest absolute Gasteiger partial charge is 0.412 e. The first-order valence-corrected chi connectivity index (χ1v) is 8.10. The lowest BCUT2D eigenvalue weighted by Gasteiger charge is -2.20. The molecule has 0 spiro atoms. The van der Waals surface area contributed by atoms with Gasteiger partial charge in [-0.1, -0.05) is 13.8 Å². The van der Waals surface area contributed by atoms with Crippen molar-refractivity contribution in [3.8, 4) is 0 Å². The second-order valence-electron chi connectivity index (χ2n) is 6.61. The van der Waals surface area contributed by atoms with E-state index in [0.29, 0.717) is 17.2 Å². The molecule has 1 aromatic rings. The van der Waals surface area contributed by atoms with Crippen LogP contribution in [0.15, 0.2) is 0 Å². The van der Waals surface area contributed by atoms with Gasteiger partial charge in [0.2, 0.25) is 0 Å². The van der Waals surface area contributed by atoms with Gasteiger partial charge in [-0.25, -0.2) is 9.59 Å². The Kier molecular flexibility index (Phi) is 6.00. The summed E-state index contributed by atoms with van der Waals surface area (Å²) in [6.07, 6.45) is -0.556. The standard InChI is InChI=1S/C16H25NO4S/c1-9(2)8-20-15(19)17-13-12(10(3)11(4)22-13)14(18)21-16(5,6)7/h9H,8H2,1-7H3,(H,17,19). The van der Waals surface area contributed by atoms with E-state index in [1.165, 1.54) is 11.3 Å². The minimum atomic E-state index is -0.589. The van der Waals surface area contributed by atoms with Crippen LogP contribution in [0.5, 0.6) is 0 Å². The van der Waals surface area contributed by atoms with Crippen molar-refractivity contribution in [3.63, 3.8) is 0 Å². The summed E-state index contributed by atoms with van der Waals surface area (Å²) in [4.78, 5) is 25.1. The molecule has 1 aromatic heterocycles. The Balaban J connectivity index is 2.94. The van der Waals surface area contributed by atoms with Crippen LogP contribution in [-0.2, 0) is 9.47 Å². The van der Waals surface area contributed by atoms with Gasteiger partial charge in [0.15, 0.2) is 0 Å². The fourth-order valence-corrected chi connectivity index (χ4v) is 2.70. The zero-order valence-electron chi connectivity index (χ0n) is 14.3. The number of hydrogen-bond donors (Lipinski definition) is 1. The molecular weight excluding hydrogens is 302 g/mol. The number of hydrogen-bond acceptors (Lipinski definition) is 5. The minimum absolute atomic E-state index is 0.253. The highest BCUT2D eigenvalue weighted by atomic mass is 32.1. The summed E-state index contributed by atoms with van der Waals surface area (Å²) in [5.74, 6) is -0.184. The molecule has 0 saturated carbocycles. The molecule has 5 nitrogen and oxygen atoms in total. The summed E-state index contributed by atoms with van der Waals surface area (Å²) in [7, 11) is 0. The fraction of sp³-hybridized carbons (Fsp3) is 0.625. The topological polar surface area (TPSA) is 64.6 Å². The van der Waals surface area contributed by atoms with Gasteiger partial charge in [-0.2, -0.15) is 0 Å². The lowest BCUT2D eigenvalue weighted by atomic mass is 10.1. The Bertz CT molecular complexity index is 555. The molecule has 0 saturated heterocycles. The predicted octanol–water partition coefficient (Wildman–Crippen LogP) is 4.52. The molecule has 0 radical (unpaired) electrons. The third-order valence-corrected chi connectivity index (χ3v) is 3.87. The van der Waals surface area contributed by atoms with Crippen LogP contribution in [0.1, 0.15) is 55.4 Å². The minimum Gasteiger partial charge on any atom is -0.456 e. The number of carbonyl (C=O) groups is 2. The Morgan fingerprint density at radius 1 is 1.23 bits per heavy atom. The molecule has 1 N–H and O–H groups in total. The summed E-state index contributed by atoms with van der Waals surface area (Å²) in [5, 5.41) is 3.12. The number of amides is 1. The molecule has 22 heavy (non-hydrogen) atoms. The summed E-state index contributed by atoms with van der Waals surface area (Å²) in [6.45, 7) is 13.4. The number of aryl methyl sites for hydroxylation is 1. The van der Waals surface area contributed by atoms with Crippen molar-refractivity contribution in [1.82, 2.24) is 0 Å². The van der Waals surface area contributed by atoms with Crippen LogP contribution in [0.2, 0.25) is 0 Å². The first-order chi connectivity index (χ1) is 10.0. The van der Waals surface area contributed by atoms with Crippen molar-refractivity contribution in [3.05, 3.63) is 16.0 Å². The monoisotopic (exact) mass is 327 g/mol. The SMILES string of the molecule is Cc1sc(NC(=O)OCC(C)C)c(C(=O)OC(C)(C)C)c1C. The van der Waals surface area contributed by atoms with E-state index in [0.717, 1.165) is 10.4 Å². The largest absolute Gasteiger partial charge is 0.456 e. The van der Waals surface area contributed by atoms with Gasteiger partial charge < -0.3 is 9.47 Å². The van der Waals surface area contributed by atoms with Crippen molar-refractivity contribution < 1.29 is 19.1 Å². The molecule has 0 bridgehead atoms. The zero-order chi connectivity index (χ0) is 17.1. The van der Waals surface area contributed by atoms with Crippen molar-refractivity contribution in [2.45, 2.75) is 54.1 Å². The molecule has 0 unspecified atom stereocenters. The quantitative estimate of drug-likeness (QED) is 0.826. The van der Waals surface area contributed by atoms with Gasteiger partial charge in [0.1, 0.15) is 10.6 Å². The number of esters is 1. The second-order valence-corrected chi connectivity index (χ2v) is 7.83. The van der Waals surface area contributed by atoms with Crippen molar-refractivity contribution in [2.24, 2.45) is 5.92 Å². The maximum Gasteiger partial charge on any atom is 0.412 e. The average molecular weight is 327 g/mol. The van der Waals surface area contributed by atoms with Crippen LogP contribution in [0.4, 0.5) is 9.80 Å². The van der Waals surface area contributed by atoms with Gasteiger partial charge in [0.25, 0.3) is 0 Å². The number of anilines is 1. The molecule has 1 rings (SSSR count). The second kappa shape index (κ2) is 7.13. The van der Waals surface area contributed by atoms with Crippen molar-refractivity contribution in [2.75, 3.05) is 11.9 Å². The molecule has 6 heteroatoms. The number of ether oxygens (including phenoxy) is 2. The Morgan fingerprint density at radius 3 is 2.32 bits per heavy atom. The fourth-order valence-electron chi connectivity index (χ4n) is 1.66. The van der Waals surface area contributed by atoms with Crippen LogP contribution in [0.3, 0.4) is 0 Å². The van der Waals surface area contributed by atoms with Crippen LogP contribution in [0, 0.1) is 19.8 Å². The van der Waals surface area contributed by atoms with Gasteiger partial charge in [-0.15, -0.1) is 11.3 Å². The summed E-state index contributed by atoms with van der Waals surface area (Å²) in [5.41, 5.74) is 0.631. The van der Waals surface area contributed by atoms with E-state index in [9.17, 15) is 9.59 Å². The highest BCUT2D eigenvalue weighted by Gasteiger charge is 2.26. The van der Waals surface area contributed by atoms with Crippen LogP contribution in [0.25, 0.3) is 0 Å². The Morgan fingerprint density at radius 2 is 1.82 bits per heavy atom. The van der Waals surface area contributed by atoms with E-state index < -0.39 is 17.7 Å². The molecule has 0 atom stereocenters. The van der Waals surface area contributed by atoms with E-state index in [1.807, 2.05) is 48.5 Å². The first-order valence-electron chi connectivity index (χ1n) is 7.28. The third kappa shape index (κ3) is 5.33. The first kappa shape index (κ1) is 18.5. The number of nitrogens with one attached hydrogen (secondary N) is 1. The van der Waals surface area contributed by atoms with E-state index in [1.54, 1.807) is 0 Å². The van der Waals surface area contributed by atoms with E-state index in [4.69, 9.17) is 9.47 Å². The lowest BCUT2D eigenvalue weighted by molar-refractivity contribution is 0.00705. The predicted molar refractivity (Wildman–Crippen MR) is 88.8 cm³/mol. The Hall–Kier alpha value is -1.56. The molecule has 0 fully saturated rings. The van der Waals surface area contributed by atoms with Gasteiger partial charge >= 0.3 is 12.1 Å². The molecule has 0 aliphatic carbocycles. The average Bonchev–Trinajstić information content (AvgIpc) is 2.60. The van der Waals surface area contributed by atoms with E-state index in [2.05, 4.69) is 5.32 Å². The molecule has 0 aliphatic heterocycles. The van der Waals surface area contributed by atoms with Crippen LogP contribution in [-0.4, -0.2) is 24.3 Å². The van der Waals surface area contributed by atoms with Gasteiger partial charge in [-0.3, -0.25) is 5.32 Å². The number of thiophene rings is 1. The maximum atomic E-state index is 12.4. The molecule has 0 aromatic carbocycles. The zero-order valence-corrected chi connectivity index (χ0v) is 15.1. The number of carbonyl (C=O) groups excluding carboxylic acids is 2. The molecule has 124 valence electrons. The highest BCUT2D eigenvalue weighted by Crippen LogP contribution is 2.34. The highest BCUT2D eigenvalue weighted by molar-refractivity contribution is 7.16. The molecule has 1 amide bonds. The van der Waals surface area contributed by atoms with Gasteiger partial charge in [0.05, 0.1) is 12.2 Å².